The van der Waals surface area contributed by atoms with E-state index in [0.717, 1.165) is 4.47 Å². The Bertz CT molecular complexity index is 546. The molecule has 0 bridgehead atoms. The highest BCUT2D eigenvalue weighted by atomic mass is 79.9. The molecule has 0 aliphatic carbocycles. The zero-order chi connectivity index (χ0) is 13.5. The molecule has 0 saturated heterocycles. The van der Waals surface area contributed by atoms with Crippen LogP contribution in [0.25, 0.3) is 0 Å². The molecule has 1 aromatic rings. The third kappa shape index (κ3) is 1.71. The lowest BCUT2D eigenvalue weighted by molar-refractivity contribution is 0.181. The van der Waals surface area contributed by atoms with E-state index in [1.807, 2.05) is 0 Å². The van der Waals surface area contributed by atoms with Crippen LogP contribution in [0.3, 0.4) is 0 Å². The van der Waals surface area contributed by atoms with Crippen LogP contribution >= 0.6 is 15.9 Å². The molecular weight excluding hydrogens is 301 g/mol. The minimum atomic E-state index is -1.03. The molecule has 2 N–H and O–H groups in total. The molecule has 0 aromatic heterocycles. The second-order valence-electron chi connectivity index (χ2n) is 4.22. The molecule has 0 radical (unpaired) electrons. The number of hydrogen-bond donors (Lipinski definition) is 1. The second-order valence-corrected chi connectivity index (χ2v) is 5.14. The van der Waals surface area contributed by atoms with E-state index in [4.69, 9.17) is 5.73 Å². The number of benzene rings is 1. The molecule has 2 rings (SSSR count). The van der Waals surface area contributed by atoms with Gasteiger partial charge in [0.15, 0.2) is 0 Å². The van der Waals surface area contributed by atoms with Crippen molar-refractivity contribution in [1.29, 1.82) is 0 Å². The Balaban J connectivity index is 2.63. The molecule has 4 nitrogen and oxygen atoms in total. The lowest BCUT2D eigenvalue weighted by Gasteiger charge is -2.34. The minimum Gasteiger partial charge on any atom is -0.385 e. The molecular formula is C12H13BrFN3O. The van der Waals surface area contributed by atoms with Gasteiger partial charge in [-0.1, -0.05) is 15.9 Å². The maximum absolute atomic E-state index is 14.0. The van der Waals surface area contributed by atoms with Gasteiger partial charge in [0.05, 0.1) is 0 Å². The summed E-state index contributed by atoms with van der Waals surface area (Å²) in [6.45, 7) is 3.91. The van der Waals surface area contributed by atoms with Gasteiger partial charge in [0.1, 0.15) is 17.2 Å². The van der Waals surface area contributed by atoms with Crippen molar-refractivity contribution in [3.05, 3.63) is 34.1 Å². The maximum Gasteiger partial charge on any atom is 0.346 e. The first kappa shape index (κ1) is 13.0. The fourth-order valence-corrected chi connectivity index (χ4v) is 2.57. The molecule has 1 atom stereocenters. The normalized spacial score (nSPS) is 23.4. The van der Waals surface area contributed by atoms with E-state index < -0.39 is 17.4 Å². The van der Waals surface area contributed by atoms with Crippen LogP contribution in [-0.2, 0) is 5.54 Å². The number of rotatable bonds is 2. The lowest BCUT2D eigenvalue weighted by atomic mass is 9.89. The van der Waals surface area contributed by atoms with Gasteiger partial charge in [0, 0.05) is 16.6 Å². The number of hydrogen-bond acceptors (Lipinski definition) is 2. The van der Waals surface area contributed by atoms with Gasteiger partial charge < -0.3 is 10.6 Å². The summed E-state index contributed by atoms with van der Waals surface area (Å²) in [7, 11) is 0. The molecule has 96 valence electrons. The minimum absolute atomic E-state index is 0.117. The summed E-state index contributed by atoms with van der Waals surface area (Å²) in [5, 5.41) is 0. The van der Waals surface area contributed by atoms with Crippen LogP contribution in [0.4, 0.5) is 9.18 Å². The van der Waals surface area contributed by atoms with Gasteiger partial charge in [0.2, 0.25) is 0 Å². The summed E-state index contributed by atoms with van der Waals surface area (Å²) in [5.74, 6) is -0.293. The molecule has 0 fully saturated rings. The van der Waals surface area contributed by atoms with E-state index in [0.29, 0.717) is 12.1 Å². The molecule has 6 heteroatoms. The number of carbonyl (C=O) groups is 1. The first-order valence-corrected chi connectivity index (χ1v) is 6.32. The standard InChI is InChI=1S/C12H13BrFN3O/c1-3-17-11(18)16-10(15)12(17,2)8-6-7(13)4-5-9(8)14/h4-6H,3H2,1-2H3,(H2,15,16,18). The van der Waals surface area contributed by atoms with Crippen molar-refractivity contribution in [2.75, 3.05) is 6.54 Å². The zero-order valence-corrected chi connectivity index (χ0v) is 11.7. The smallest absolute Gasteiger partial charge is 0.346 e. The van der Waals surface area contributed by atoms with Crippen molar-refractivity contribution >= 4 is 27.8 Å². The van der Waals surface area contributed by atoms with Gasteiger partial charge in [-0.15, -0.1) is 0 Å². The van der Waals surface area contributed by atoms with Crippen LogP contribution in [0.1, 0.15) is 19.4 Å². The highest BCUT2D eigenvalue weighted by Crippen LogP contribution is 2.36. The largest absolute Gasteiger partial charge is 0.385 e. The Labute approximate surface area is 113 Å². The fourth-order valence-electron chi connectivity index (χ4n) is 2.21. The molecule has 1 aliphatic heterocycles. The molecule has 1 heterocycles. The average Bonchev–Trinajstić information content (AvgIpc) is 2.53. The summed E-state index contributed by atoms with van der Waals surface area (Å²) >= 11 is 3.29. The van der Waals surface area contributed by atoms with Gasteiger partial charge in [-0.25, -0.2) is 9.18 Å². The number of nitrogens with zero attached hydrogens (tertiary/aromatic N) is 2. The molecule has 1 unspecified atom stereocenters. The van der Waals surface area contributed by atoms with Crippen molar-refractivity contribution in [1.82, 2.24) is 4.90 Å². The summed E-state index contributed by atoms with van der Waals surface area (Å²) < 4.78 is 14.7. The third-order valence-electron chi connectivity index (χ3n) is 3.25. The highest BCUT2D eigenvalue weighted by molar-refractivity contribution is 9.10. The number of amidine groups is 1. The number of urea groups is 1. The first-order valence-electron chi connectivity index (χ1n) is 5.53. The number of carbonyl (C=O) groups excluding carboxylic acids is 1. The number of likely N-dealkylation sites (N-methyl/N-ethyl adjacent to an activating group) is 1. The average molecular weight is 314 g/mol. The van der Waals surface area contributed by atoms with Crippen molar-refractivity contribution in [2.45, 2.75) is 19.4 Å². The summed E-state index contributed by atoms with van der Waals surface area (Å²) in [6.07, 6.45) is 0. The van der Waals surface area contributed by atoms with Crippen molar-refractivity contribution < 1.29 is 9.18 Å². The summed E-state index contributed by atoms with van der Waals surface area (Å²) in [6, 6.07) is 4.13. The van der Waals surface area contributed by atoms with Crippen LogP contribution in [0.15, 0.2) is 27.7 Å². The zero-order valence-electron chi connectivity index (χ0n) is 10.1. The van der Waals surface area contributed by atoms with E-state index in [1.165, 1.54) is 11.0 Å². The molecule has 0 saturated carbocycles. The van der Waals surface area contributed by atoms with E-state index in [2.05, 4.69) is 20.9 Å². The number of nitrogens with two attached hydrogens (primary N) is 1. The monoisotopic (exact) mass is 313 g/mol. The maximum atomic E-state index is 14.0. The second kappa shape index (κ2) is 4.35. The highest BCUT2D eigenvalue weighted by Gasteiger charge is 2.46. The molecule has 0 spiro atoms. The Morgan fingerprint density at radius 1 is 1.56 bits per heavy atom. The van der Waals surface area contributed by atoms with Crippen LogP contribution < -0.4 is 5.73 Å². The van der Waals surface area contributed by atoms with Gasteiger partial charge in [-0.05, 0) is 32.0 Å². The van der Waals surface area contributed by atoms with Gasteiger partial charge in [-0.2, -0.15) is 4.99 Å². The van der Waals surface area contributed by atoms with E-state index in [9.17, 15) is 9.18 Å². The van der Waals surface area contributed by atoms with Crippen LogP contribution in [-0.4, -0.2) is 23.3 Å². The van der Waals surface area contributed by atoms with Gasteiger partial charge >= 0.3 is 6.03 Å². The molecule has 18 heavy (non-hydrogen) atoms. The van der Waals surface area contributed by atoms with Crippen molar-refractivity contribution in [3.63, 3.8) is 0 Å². The Morgan fingerprint density at radius 2 is 2.22 bits per heavy atom. The lowest BCUT2D eigenvalue weighted by Crippen LogP contribution is -2.49. The van der Waals surface area contributed by atoms with Crippen molar-refractivity contribution in [2.24, 2.45) is 10.7 Å². The summed E-state index contributed by atoms with van der Waals surface area (Å²) in [4.78, 5) is 16.9. The van der Waals surface area contributed by atoms with E-state index in [1.54, 1.807) is 26.0 Å². The quantitative estimate of drug-likeness (QED) is 0.912. The van der Waals surface area contributed by atoms with Crippen LogP contribution in [0.2, 0.25) is 0 Å². The van der Waals surface area contributed by atoms with E-state index >= 15 is 0 Å². The Kier molecular flexibility index (Phi) is 3.14. The Morgan fingerprint density at radius 3 is 2.83 bits per heavy atom. The molecule has 2 amide bonds. The number of halogens is 2. The van der Waals surface area contributed by atoms with Gasteiger partial charge in [-0.3, -0.25) is 0 Å². The first-order chi connectivity index (χ1) is 8.41. The van der Waals surface area contributed by atoms with Crippen LogP contribution in [0.5, 0.6) is 0 Å². The predicted molar refractivity (Wildman–Crippen MR) is 70.9 cm³/mol. The molecule has 1 aromatic carbocycles. The topological polar surface area (TPSA) is 58.7 Å². The van der Waals surface area contributed by atoms with Crippen LogP contribution in [0, 0.1) is 5.82 Å². The third-order valence-corrected chi connectivity index (χ3v) is 3.75. The summed E-state index contributed by atoms with van der Waals surface area (Å²) in [5.41, 5.74) is 5.14. The number of aliphatic imine (C=N–C) groups is 1. The van der Waals surface area contributed by atoms with Crippen molar-refractivity contribution in [3.8, 4) is 0 Å². The fraction of sp³-hybridized carbons (Fsp3) is 0.333. The SMILES string of the molecule is CCN1C(=O)N=C(N)C1(C)c1cc(Br)ccc1F. The number of amides is 2. The van der Waals surface area contributed by atoms with Gasteiger partial charge in [0.25, 0.3) is 0 Å². The molecule has 1 aliphatic rings. The Hall–Kier alpha value is -1.43. The predicted octanol–water partition coefficient (Wildman–Crippen LogP) is 2.62. The van der Waals surface area contributed by atoms with E-state index in [-0.39, 0.29) is 5.84 Å².